The molecule has 0 aliphatic carbocycles. The SMILES string of the molecule is CCNc1ncccc1S(=O)(=O)NCCCOCC(C)C. The van der Waals surface area contributed by atoms with Crippen molar-refractivity contribution in [2.45, 2.75) is 32.1 Å². The van der Waals surface area contributed by atoms with Crippen LogP contribution >= 0.6 is 0 Å². The van der Waals surface area contributed by atoms with Crippen molar-refractivity contribution in [3.63, 3.8) is 0 Å². The van der Waals surface area contributed by atoms with Gasteiger partial charge in [0.15, 0.2) is 0 Å². The van der Waals surface area contributed by atoms with Crippen molar-refractivity contribution in [1.82, 2.24) is 9.71 Å². The average molecular weight is 315 g/mol. The van der Waals surface area contributed by atoms with Crippen LogP contribution in [0.25, 0.3) is 0 Å². The van der Waals surface area contributed by atoms with E-state index in [4.69, 9.17) is 4.74 Å². The normalized spacial score (nSPS) is 11.8. The lowest BCUT2D eigenvalue weighted by atomic mass is 10.2. The standard InChI is InChI=1S/C14H25N3O3S/c1-4-15-14-13(7-5-8-16-14)21(18,19)17-9-6-10-20-11-12(2)3/h5,7-8,12,17H,4,6,9-11H2,1-3H3,(H,15,16). The van der Waals surface area contributed by atoms with Crippen molar-refractivity contribution in [2.24, 2.45) is 5.92 Å². The molecule has 0 amide bonds. The van der Waals surface area contributed by atoms with E-state index < -0.39 is 10.0 Å². The van der Waals surface area contributed by atoms with E-state index in [0.29, 0.717) is 44.5 Å². The monoisotopic (exact) mass is 315 g/mol. The summed E-state index contributed by atoms with van der Waals surface area (Å²) in [5, 5.41) is 2.95. The highest BCUT2D eigenvalue weighted by molar-refractivity contribution is 7.89. The van der Waals surface area contributed by atoms with E-state index in [1.54, 1.807) is 18.3 Å². The van der Waals surface area contributed by atoms with Gasteiger partial charge in [0.1, 0.15) is 10.7 Å². The van der Waals surface area contributed by atoms with Crippen molar-refractivity contribution in [3.05, 3.63) is 18.3 Å². The first-order chi connectivity index (χ1) is 9.97. The summed E-state index contributed by atoms with van der Waals surface area (Å²) in [6.07, 6.45) is 2.21. The summed E-state index contributed by atoms with van der Waals surface area (Å²) in [6.45, 7) is 8.25. The largest absolute Gasteiger partial charge is 0.381 e. The van der Waals surface area contributed by atoms with Gasteiger partial charge in [-0.2, -0.15) is 0 Å². The third-order valence-electron chi connectivity index (χ3n) is 2.61. The first-order valence-electron chi connectivity index (χ1n) is 7.23. The number of sulfonamides is 1. The molecule has 120 valence electrons. The summed E-state index contributed by atoms with van der Waals surface area (Å²) in [7, 11) is -3.55. The van der Waals surface area contributed by atoms with Gasteiger partial charge in [-0.3, -0.25) is 0 Å². The molecule has 0 bridgehead atoms. The lowest BCUT2D eigenvalue weighted by Crippen LogP contribution is -2.26. The van der Waals surface area contributed by atoms with Crippen LogP contribution in [0, 0.1) is 5.92 Å². The van der Waals surface area contributed by atoms with Gasteiger partial charge in [0, 0.05) is 32.5 Å². The van der Waals surface area contributed by atoms with Gasteiger partial charge in [-0.1, -0.05) is 13.8 Å². The zero-order valence-corrected chi connectivity index (χ0v) is 13.7. The Morgan fingerprint density at radius 3 is 2.81 bits per heavy atom. The molecule has 0 unspecified atom stereocenters. The van der Waals surface area contributed by atoms with Gasteiger partial charge in [0.25, 0.3) is 0 Å². The van der Waals surface area contributed by atoms with Gasteiger partial charge in [-0.05, 0) is 31.4 Å². The quantitative estimate of drug-likeness (QED) is 0.644. The minimum atomic E-state index is -3.55. The molecular weight excluding hydrogens is 290 g/mol. The minimum Gasteiger partial charge on any atom is -0.381 e. The zero-order valence-electron chi connectivity index (χ0n) is 12.9. The fourth-order valence-electron chi connectivity index (χ4n) is 1.69. The second kappa shape index (κ2) is 8.96. The molecule has 0 spiro atoms. The Balaban J connectivity index is 2.50. The van der Waals surface area contributed by atoms with Crippen LogP contribution in [0.15, 0.2) is 23.2 Å². The fraction of sp³-hybridized carbons (Fsp3) is 0.643. The Morgan fingerprint density at radius 2 is 2.14 bits per heavy atom. The van der Waals surface area contributed by atoms with Crippen molar-refractivity contribution in [1.29, 1.82) is 0 Å². The molecule has 0 aliphatic heterocycles. The number of ether oxygens (including phenoxy) is 1. The number of hydrogen-bond donors (Lipinski definition) is 2. The van der Waals surface area contributed by atoms with E-state index in [0.717, 1.165) is 0 Å². The molecule has 0 saturated heterocycles. The van der Waals surface area contributed by atoms with E-state index in [1.165, 1.54) is 0 Å². The first-order valence-corrected chi connectivity index (χ1v) is 8.72. The fourth-order valence-corrected chi connectivity index (χ4v) is 2.89. The molecule has 6 nitrogen and oxygen atoms in total. The molecule has 0 aliphatic rings. The molecule has 0 radical (unpaired) electrons. The second-order valence-electron chi connectivity index (χ2n) is 5.10. The molecule has 7 heteroatoms. The molecular formula is C14H25N3O3S. The van der Waals surface area contributed by atoms with Crippen LogP contribution < -0.4 is 10.0 Å². The predicted molar refractivity (Wildman–Crippen MR) is 83.9 cm³/mol. The van der Waals surface area contributed by atoms with Gasteiger partial charge >= 0.3 is 0 Å². The highest BCUT2D eigenvalue weighted by atomic mass is 32.2. The lowest BCUT2D eigenvalue weighted by Gasteiger charge is -2.11. The number of anilines is 1. The summed E-state index contributed by atoms with van der Waals surface area (Å²) >= 11 is 0. The Bertz CT molecular complexity index is 518. The van der Waals surface area contributed by atoms with Crippen molar-refractivity contribution in [2.75, 3.05) is 31.6 Å². The average Bonchev–Trinajstić information content (AvgIpc) is 2.43. The van der Waals surface area contributed by atoms with E-state index >= 15 is 0 Å². The molecule has 21 heavy (non-hydrogen) atoms. The van der Waals surface area contributed by atoms with E-state index in [9.17, 15) is 8.42 Å². The number of aromatic nitrogens is 1. The van der Waals surface area contributed by atoms with E-state index in [1.807, 2.05) is 6.92 Å². The molecule has 2 N–H and O–H groups in total. The lowest BCUT2D eigenvalue weighted by molar-refractivity contribution is 0.108. The summed E-state index contributed by atoms with van der Waals surface area (Å²) in [5.41, 5.74) is 0. The van der Waals surface area contributed by atoms with Crippen LogP contribution in [-0.4, -0.2) is 39.7 Å². The maximum Gasteiger partial charge on any atom is 0.244 e. The molecule has 0 aromatic carbocycles. The molecule has 1 heterocycles. The summed E-state index contributed by atoms with van der Waals surface area (Å²) in [4.78, 5) is 4.23. The highest BCUT2D eigenvalue weighted by Crippen LogP contribution is 2.17. The molecule has 1 aromatic rings. The summed E-state index contributed by atoms with van der Waals surface area (Å²) in [5.74, 6) is 0.864. The zero-order chi connectivity index (χ0) is 15.7. The topological polar surface area (TPSA) is 80.3 Å². The Hall–Kier alpha value is -1.18. The summed E-state index contributed by atoms with van der Waals surface area (Å²) < 4.78 is 32.5. The third-order valence-corrected chi connectivity index (χ3v) is 4.11. The van der Waals surface area contributed by atoms with Gasteiger partial charge < -0.3 is 10.1 Å². The maximum absolute atomic E-state index is 12.2. The van der Waals surface area contributed by atoms with Gasteiger partial charge in [0.2, 0.25) is 10.0 Å². The predicted octanol–water partition coefficient (Wildman–Crippen LogP) is 1.85. The maximum atomic E-state index is 12.2. The van der Waals surface area contributed by atoms with Gasteiger partial charge in [0.05, 0.1) is 0 Å². The van der Waals surface area contributed by atoms with Crippen LogP contribution in [0.1, 0.15) is 27.2 Å². The Morgan fingerprint density at radius 1 is 1.38 bits per heavy atom. The van der Waals surface area contributed by atoms with Gasteiger partial charge in [-0.25, -0.2) is 18.1 Å². The highest BCUT2D eigenvalue weighted by Gasteiger charge is 2.18. The Kier molecular flexibility index (Phi) is 7.63. The van der Waals surface area contributed by atoms with Crippen molar-refractivity contribution in [3.8, 4) is 0 Å². The van der Waals surface area contributed by atoms with Crippen LogP contribution in [0.4, 0.5) is 5.82 Å². The minimum absolute atomic E-state index is 0.176. The van der Waals surface area contributed by atoms with Crippen LogP contribution in [-0.2, 0) is 14.8 Å². The van der Waals surface area contributed by atoms with Crippen LogP contribution in [0.5, 0.6) is 0 Å². The van der Waals surface area contributed by atoms with Crippen molar-refractivity contribution < 1.29 is 13.2 Å². The Labute approximate surface area is 127 Å². The molecule has 0 atom stereocenters. The van der Waals surface area contributed by atoms with E-state index in [2.05, 4.69) is 28.9 Å². The smallest absolute Gasteiger partial charge is 0.244 e. The summed E-state index contributed by atoms with van der Waals surface area (Å²) in [6, 6.07) is 3.16. The third kappa shape index (κ3) is 6.41. The van der Waals surface area contributed by atoms with E-state index in [-0.39, 0.29) is 4.90 Å². The number of rotatable bonds is 10. The second-order valence-corrected chi connectivity index (χ2v) is 6.84. The van der Waals surface area contributed by atoms with Crippen LogP contribution in [0.2, 0.25) is 0 Å². The number of nitrogens with one attached hydrogen (secondary N) is 2. The first kappa shape index (κ1) is 17.9. The number of hydrogen-bond acceptors (Lipinski definition) is 5. The number of nitrogens with zero attached hydrogens (tertiary/aromatic N) is 1. The van der Waals surface area contributed by atoms with Crippen molar-refractivity contribution >= 4 is 15.8 Å². The van der Waals surface area contributed by atoms with Gasteiger partial charge in [-0.15, -0.1) is 0 Å². The number of pyridine rings is 1. The molecule has 0 fully saturated rings. The van der Waals surface area contributed by atoms with Crippen LogP contribution in [0.3, 0.4) is 0 Å². The molecule has 1 aromatic heterocycles. The molecule has 0 saturated carbocycles. The molecule has 1 rings (SSSR count).